The van der Waals surface area contributed by atoms with Crippen molar-refractivity contribution in [2.45, 2.75) is 13.8 Å². The van der Waals surface area contributed by atoms with Gasteiger partial charge in [-0.25, -0.2) is 0 Å². The average molecular weight is 374 g/mol. The fraction of sp³-hybridized carbons (Fsp3) is 0.167. The quantitative estimate of drug-likeness (QED) is 0.423. The molecule has 0 aliphatic carbocycles. The van der Waals surface area contributed by atoms with Crippen molar-refractivity contribution in [1.82, 2.24) is 4.98 Å². The number of carbonyl (C=O) groups excluding carboxylic acids is 1. The van der Waals surface area contributed by atoms with Gasteiger partial charge in [-0.1, -0.05) is 0 Å². The minimum absolute atomic E-state index is 0.103. The van der Waals surface area contributed by atoms with E-state index in [0.29, 0.717) is 0 Å². The molecule has 0 fully saturated rings. The van der Waals surface area contributed by atoms with Gasteiger partial charge >= 0.3 is 88.4 Å². The van der Waals surface area contributed by atoms with E-state index >= 15 is 0 Å². The van der Waals surface area contributed by atoms with Gasteiger partial charge in [0.25, 0.3) is 0 Å². The molecule has 2 aromatic rings. The van der Waals surface area contributed by atoms with Gasteiger partial charge < -0.3 is 0 Å². The monoisotopic (exact) mass is 374 g/mol. The largest absolute Gasteiger partial charge is 0.253 e. The van der Waals surface area contributed by atoms with Crippen molar-refractivity contribution in [3.8, 4) is 0 Å². The summed E-state index contributed by atoms with van der Waals surface area (Å²) in [5.41, 5.74) is 1.99. The van der Waals surface area contributed by atoms with E-state index in [4.69, 9.17) is 5.26 Å². The van der Waals surface area contributed by atoms with Crippen LogP contribution >= 0.6 is 11.3 Å². The summed E-state index contributed by atoms with van der Waals surface area (Å²) >= 11 is -3.26. The molecule has 114 valence electrons. The molecular weight excluding hydrogens is 359 g/mol. The summed E-state index contributed by atoms with van der Waals surface area (Å²) in [6.07, 6.45) is 1.85. The maximum Gasteiger partial charge on any atom is 0.0794 e. The Morgan fingerprint density at radius 3 is 2.52 bits per heavy atom. The number of aromatic nitrogens is 1. The number of anilines is 1. The third-order valence-corrected chi connectivity index (χ3v) is 5.45. The number of nitrogens with zero attached hydrogens (tertiary/aromatic N) is 1. The van der Waals surface area contributed by atoms with Crippen LogP contribution in [0.5, 0.6) is 0 Å². The van der Waals surface area contributed by atoms with Gasteiger partial charge in [-0.15, -0.1) is 11.3 Å². The zero-order valence-electron chi connectivity index (χ0n) is 11.4. The molecule has 0 saturated carbocycles. The van der Waals surface area contributed by atoms with E-state index in [1.807, 2.05) is 18.6 Å². The van der Waals surface area contributed by atoms with E-state index in [1.165, 1.54) is 30.0 Å². The molecule has 1 heterocycles. The van der Waals surface area contributed by atoms with Crippen LogP contribution in [0, 0.1) is 6.92 Å². The third kappa shape index (κ3) is 5.82. The summed E-state index contributed by atoms with van der Waals surface area (Å²) < 4.78 is 24.1. The molecule has 0 radical (unpaired) electrons. The second-order valence-electron chi connectivity index (χ2n) is 3.91. The Morgan fingerprint density at radius 2 is 2.10 bits per heavy atom. The minimum Gasteiger partial charge on any atom is -0.253 e. The van der Waals surface area contributed by atoms with Gasteiger partial charge in [0.15, 0.2) is 0 Å². The van der Waals surface area contributed by atoms with Gasteiger partial charge in [0.2, 0.25) is 0 Å². The summed E-state index contributed by atoms with van der Waals surface area (Å²) in [7, 11) is 0. The molecule has 1 aromatic heterocycles. The maximum absolute atomic E-state index is 11.4. The summed E-state index contributed by atoms with van der Waals surface area (Å²) in [6, 6.07) is 5.84. The number of benzene rings is 1. The van der Waals surface area contributed by atoms with Gasteiger partial charge in [-0.3, -0.25) is 4.98 Å². The van der Waals surface area contributed by atoms with Crippen LogP contribution in [-0.4, -0.2) is 34.4 Å². The Hall–Kier alpha value is -1.44. The number of hydrogen-bond donors (Lipinski definition) is 3. The summed E-state index contributed by atoms with van der Waals surface area (Å²) in [5.74, 6) is -0.379. The predicted molar refractivity (Wildman–Crippen MR) is 79.6 cm³/mol. The topological polar surface area (TPSA) is 109 Å². The molecule has 21 heavy (non-hydrogen) atoms. The molecule has 9 heteroatoms. The van der Waals surface area contributed by atoms with Crippen LogP contribution in [0.25, 0.3) is 0 Å². The number of carbonyl (C=O) groups is 1. The Labute approximate surface area is 128 Å². The van der Waals surface area contributed by atoms with Gasteiger partial charge in [0.1, 0.15) is 0 Å². The molecule has 0 aliphatic rings. The number of nitrogens with one attached hydrogen (secondary N) is 1. The van der Waals surface area contributed by atoms with Crippen molar-refractivity contribution >= 4 is 41.5 Å². The summed E-state index contributed by atoms with van der Waals surface area (Å²) in [5, 5.41) is 10.7. The van der Waals surface area contributed by atoms with Crippen molar-refractivity contribution in [3.05, 3.63) is 40.8 Å². The maximum atomic E-state index is 11.4. The fourth-order valence-electron chi connectivity index (χ4n) is 1.34. The zero-order valence-corrected chi connectivity index (χ0v) is 14.1. The van der Waals surface area contributed by atoms with Gasteiger partial charge in [0, 0.05) is 11.1 Å². The van der Waals surface area contributed by atoms with E-state index < -0.39 is 14.2 Å². The van der Waals surface area contributed by atoms with Crippen molar-refractivity contribution in [2.24, 2.45) is 0 Å². The smallest absolute Gasteiger partial charge is 0.0794 e. The second-order valence-corrected chi connectivity index (χ2v) is 8.54. The van der Waals surface area contributed by atoms with E-state index in [0.717, 1.165) is 0 Å². The molecule has 0 spiro atoms. The SMILES string of the molecule is CC(=O)Nc1ccccc1[As](=O)(O)OO.Cc1cncs1. The van der Waals surface area contributed by atoms with Gasteiger partial charge in [-0.2, -0.15) is 0 Å². The van der Waals surface area contributed by atoms with Crippen LogP contribution in [0.4, 0.5) is 5.69 Å². The second kappa shape index (κ2) is 8.11. The van der Waals surface area contributed by atoms with Crippen LogP contribution in [0.1, 0.15) is 11.8 Å². The first-order chi connectivity index (χ1) is 9.86. The van der Waals surface area contributed by atoms with Crippen molar-refractivity contribution in [2.75, 3.05) is 5.32 Å². The molecule has 1 amide bonds. The van der Waals surface area contributed by atoms with Gasteiger partial charge in [-0.05, 0) is 6.92 Å². The van der Waals surface area contributed by atoms with E-state index in [2.05, 4.69) is 14.2 Å². The van der Waals surface area contributed by atoms with Gasteiger partial charge in [0.05, 0.1) is 5.51 Å². The van der Waals surface area contributed by atoms with Crippen molar-refractivity contribution in [3.63, 3.8) is 0 Å². The molecule has 3 N–H and O–H groups in total. The Balaban J connectivity index is 0.000000304. The zero-order chi connectivity index (χ0) is 15.9. The van der Waals surface area contributed by atoms with Crippen LogP contribution < -0.4 is 9.67 Å². The van der Waals surface area contributed by atoms with Crippen molar-refractivity contribution in [1.29, 1.82) is 0 Å². The Kier molecular flexibility index (Phi) is 6.80. The predicted octanol–water partition coefficient (Wildman–Crippen LogP) is 1.15. The standard InChI is InChI=1S/C8H10AsNO5.C4H5NS/c1-6(11)10-8-5-3-2-4-7(8)9(12,13)15-14;1-4-2-5-3-6-4/h2-5,14H,1H3,(H,10,11)(H,12,13);2-3H,1H3. The first kappa shape index (κ1) is 17.6. The Morgan fingerprint density at radius 1 is 1.43 bits per heavy atom. The van der Waals surface area contributed by atoms with Crippen LogP contribution in [0.3, 0.4) is 0 Å². The number of rotatable bonds is 3. The summed E-state index contributed by atoms with van der Waals surface area (Å²) in [4.78, 5) is 15.9. The number of para-hydroxylation sites is 1. The number of amides is 1. The van der Waals surface area contributed by atoms with E-state index in [9.17, 15) is 12.6 Å². The van der Waals surface area contributed by atoms with Crippen LogP contribution in [-0.2, 0) is 12.4 Å². The molecule has 1 aromatic carbocycles. The summed E-state index contributed by atoms with van der Waals surface area (Å²) in [6.45, 7) is 3.31. The normalized spacial score (nSPS) is 12.8. The Bertz CT molecular complexity index is 632. The molecule has 1 atom stereocenters. The average Bonchev–Trinajstić information content (AvgIpc) is 2.90. The first-order valence-electron chi connectivity index (χ1n) is 5.75. The molecule has 1 unspecified atom stereocenters. The molecule has 2 rings (SSSR count). The molecule has 0 aliphatic heterocycles. The van der Waals surface area contributed by atoms with E-state index in [1.54, 1.807) is 17.4 Å². The fourth-order valence-corrected chi connectivity index (χ4v) is 3.42. The third-order valence-electron chi connectivity index (χ3n) is 2.19. The number of hydrogen-bond acceptors (Lipinski definition) is 6. The molecule has 7 nitrogen and oxygen atoms in total. The molecule has 0 bridgehead atoms. The van der Waals surface area contributed by atoms with Crippen LogP contribution in [0.15, 0.2) is 36.0 Å². The van der Waals surface area contributed by atoms with Crippen molar-refractivity contribution < 1.29 is 21.8 Å². The molecule has 0 saturated heterocycles. The first-order valence-corrected chi connectivity index (χ1v) is 9.94. The number of aryl methyl sites for hydroxylation is 1. The van der Waals surface area contributed by atoms with E-state index in [-0.39, 0.29) is 15.9 Å². The minimum atomic E-state index is -4.92. The van der Waals surface area contributed by atoms with Crippen LogP contribution in [0.2, 0.25) is 0 Å². The molecular formula is C12H15AsN2O5S. The number of thiazole rings is 1.